The standard InChI is InChI=1S/C13H19NO3/c1-13(2,9-15)14-8-11-5-3-10(4-6-11)7-12(16)17/h3-6,14-15H,7-9H2,1-2H3,(H,16,17). The van der Waals surface area contributed by atoms with Crippen molar-refractivity contribution in [3.63, 3.8) is 0 Å². The second kappa shape index (κ2) is 5.80. The first-order valence-electron chi connectivity index (χ1n) is 5.58. The molecular formula is C13H19NO3. The highest BCUT2D eigenvalue weighted by atomic mass is 16.4. The summed E-state index contributed by atoms with van der Waals surface area (Å²) >= 11 is 0. The first-order chi connectivity index (χ1) is 7.93. The maximum absolute atomic E-state index is 10.5. The molecule has 0 aliphatic rings. The van der Waals surface area contributed by atoms with Crippen molar-refractivity contribution in [3.05, 3.63) is 35.4 Å². The van der Waals surface area contributed by atoms with Gasteiger partial charge in [0.15, 0.2) is 0 Å². The molecule has 4 nitrogen and oxygen atoms in total. The van der Waals surface area contributed by atoms with Gasteiger partial charge in [0, 0.05) is 12.1 Å². The number of aliphatic hydroxyl groups excluding tert-OH is 1. The van der Waals surface area contributed by atoms with Crippen LogP contribution >= 0.6 is 0 Å². The van der Waals surface area contributed by atoms with Crippen LogP contribution in [0.2, 0.25) is 0 Å². The van der Waals surface area contributed by atoms with Crippen LogP contribution in [-0.4, -0.2) is 28.3 Å². The zero-order valence-corrected chi connectivity index (χ0v) is 10.2. The van der Waals surface area contributed by atoms with E-state index in [1.54, 1.807) is 0 Å². The molecule has 1 rings (SSSR count). The van der Waals surface area contributed by atoms with Gasteiger partial charge in [-0.2, -0.15) is 0 Å². The third-order valence-electron chi connectivity index (χ3n) is 2.54. The van der Waals surface area contributed by atoms with E-state index in [1.807, 2.05) is 38.1 Å². The zero-order valence-electron chi connectivity index (χ0n) is 10.2. The maximum atomic E-state index is 10.5. The van der Waals surface area contributed by atoms with Crippen molar-refractivity contribution in [1.82, 2.24) is 5.32 Å². The van der Waals surface area contributed by atoms with Gasteiger partial charge in [0.1, 0.15) is 0 Å². The lowest BCUT2D eigenvalue weighted by atomic mass is 10.1. The van der Waals surface area contributed by atoms with Crippen LogP contribution in [-0.2, 0) is 17.8 Å². The van der Waals surface area contributed by atoms with Crippen LogP contribution in [0.4, 0.5) is 0 Å². The van der Waals surface area contributed by atoms with Gasteiger partial charge in [-0.25, -0.2) is 0 Å². The first kappa shape index (κ1) is 13.7. The predicted molar refractivity (Wildman–Crippen MR) is 65.8 cm³/mol. The number of benzene rings is 1. The molecule has 1 aromatic rings. The molecule has 0 spiro atoms. The van der Waals surface area contributed by atoms with Crippen LogP contribution in [0.3, 0.4) is 0 Å². The van der Waals surface area contributed by atoms with Crippen LogP contribution in [0.5, 0.6) is 0 Å². The summed E-state index contributed by atoms with van der Waals surface area (Å²) in [6.45, 7) is 4.57. The summed E-state index contributed by atoms with van der Waals surface area (Å²) in [5, 5.41) is 20.9. The molecule has 0 fully saturated rings. The molecule has 0 aliphatic carbocycles. The summed E-state index contributed by atoms with van der Waals surface area (Å²) in [5.41, 5.74) is 1.56. The highest BCUT2D eigenvalue weighted by Gasteiger charge is 2.14. The Balaban J connectivity index is 2.54. The fourth-order valence-corrected chi connectivity index (χ4v) is 1.35. The topological polar surface area (TPSA) is 69.6 Å². The molecule has 4 heteroatoms. The molecule has 0 unspecified atom stereocenters. The maximum Gasteiger partial charge on any atom is 0.307 e. The van der Waals surface area contributed by atoms with Gasteiger partial charge in [0.25, 0.3) is 0 Å². The lowest BCUT2D eigenvalue weighted by Crippen LogP contribution is -2.42. The number of rotatable bonds is 6. The van der Waals surface area contributed by atoms with Crippen molar-refractivity contribution < 1.29 is 15.0 Å². The number of carboxylic acids is 1. The molecule has 0 saturated heterocycles. The van der Waals surface area contributed by atoms with Crippen molar-refractivity contribution in [2.45, 2.75) is 32.4 Å². The van der Waals surface area contributed by atoms with E-state index in [-0.39, 0.29) is 18.6 Å². The molecule has 0 bridgehead atoms. The van der Waals surface area contributed by atoms with Crippen LogP contribution < -0.4 is 5.32 Å². The number of hydrogen-bond donors (Lipinski definition) is 3. The van der Waals surface area contributed by atoms with Crippen LogP contribution in [0, 0.1) is 0 Å². The van der Waals surface area contributed by atoms with Gasteiger partial charge >= 0.3 is 5.97 Å². The normalized spacial score (nSPS) is 11.5. The average Bonchev–Trinajstić information content (AvgIpc) is 2.28. The van der Waals surface area contributed by atoms with Gasteiger partial charge in [-0.3, -0.25) is 4.79 Å². The summed E-state index contributed by atoms with van der Waals surface area (Å²) < 4.78 is 0. The minimum atomic E-state index is -0.822. The Morgan fingerprint density at radius 1 is 1.24 bits per heavy atom. The first-order valence-corrected chi connectivity index (χ1v) is 5.58. The predicted octanol–water partition coefficient (Wildman–Crippen LogP) is 1.17. The Hall–Kier alpha value is -1.39. The fraction of sp³-hybridized carbons (Fsp3) is 0.462. The Kier molecular flexibility index (Phi) is 4.66. The lowest BCUT2D eigenvalue weighted by molar-refractivity contribution is -0.136. The van der Waals surface area contributed by atoms with Crippen molar-refractivity contribution >= 4 is 5.97 Å². The van der Waals surface area contributed by atoms with E-state index in [0.29, 0.717) is 6.54 Å². The largest absolute Gasteiger partial charge is 0.481 e. The van der Waals surface area contributed by atoms with Crippen molar-refractivity contribution in [2.24, 2.45) is 0 Å². The van der Waals surface area contributed by atoms with Gasteiger partial charge in [0.2, 0.25) is 0 Å². The number of hydrogen-bond acceptors (Lipinski definition) is 3. The summed E-state index contributed by atoms with van der Waals surface area (Å²) in [6, 6.07) is 7.44. The summed E-state index contributed by atoms with van der Waals surface area (Å²) in [6.07, 6.45) is 0.0514. The Bertz CT molecular complexity index is 371. The Morgan fingerprint density at radius 3 is 2.24 bits per heavy atom. The van der Waals surface area contributed by atoms with E-state index >= 15 is 0 Å². The van der Waals surface area contributed by atoms with Gasteiger partial charge in [-0.15, -0.1) is 0 Å². The third-order valence-corrected chi connectivity index (χ3v) is 2.54. The Labute approximate surface area is 101 Å². The third kappa shape index (κ3) is 4.97. The molecule has 3 N–H and O–H groups in total. The minimum Gasteiger partial charge on any atom is -0.481 e. The quantitative estimate of drug-likeness (QED) is 0.694. The molecule has 1 aromatic carbocycles. The molecular weight excluding hydrogens is 218 g/mol. The van der Waals surface area contributed by atoms with Gasteiger partial charge in [-0.05, 0) is 25.0 Å². The monoisotopic (exact) mass is 237 g/mol. The van der Waals surface area contributed by atoms with Gasteiger partial charge in [-0.1, -0.05) is 24.3 Å². The highest BCUT2D eigenvalue weighted by molar-refractivity contribution is 5.70. The van der Waals surface area contributed by atoms with Crippen LogP contribution in [0.25, 0.3) is 0 Å². The average molecular weight is 237 g/mol. The molecule has 0 aromatic heterocycles. The number of nitrogens with one attached hydrogen (secondary N) is 1. The summed E-state index contributed by atoms with van der Waals surface area (Å²) in [7, 11) is 0. The van der Waals surface area contributed by atoms with E-state index in [9.17, 15) is 4.79 Å². The van der Waals surface area contributed by atoms with E-state index in [2.05, 4.69) is 5.32 Å². The molecule has 94 valence electrons. The fourth-order valence-electron chi connectivity index (χ4n) is 1.35. The van der Waals surface area contributed by atoms with Crippen molar-refractivity contribution in [2.75, 3.05) is 6.61 Å². The van der Waals surface area contributed by atoms with Gasteiger partial charge in [0.05, 0.1) is 13.0 Å². The number of aliphatic hydroxyl groups is 1. The van der Waals surface area contributed by atoms with E-state index in [1.165, 1.54) is 0 Å². The van der Waals surface area contributed by atoms with Crippen molar-refractivity contribution in [3.8, 4) is 0 Å². The molecule has 0 amide bonds. The second-order valence-electron chi connectivity index (χ2n) is 4.78. The minimum absolute atomic E-state index is 0.0514. The van der Waals surface area contributed by atoms with E-state index in [0.717, 1.165) is 11.1 Å². The second-order valence-corrected chi connectivity index (χ2v) is 4.78. The molecule has 0 saturated carbocycles. The molecule has 17 heavy (non-hydrogen) atoms. The molecule has 0 radical (unpaired) electrons. The molecule has 0 aliphatic heterocycles. The smallest absolute Gasteiger partial charge is 0.307 e. The Morgan fingerprint density at radius 2 is 1.76 bits per heavy atom. The van der Waals surface area contributed by atoms with Crippen molar-refractivity contribution in [1.29, 1.82) is 0 Å². The number of carboxylic acid groups (broad SMARTS) is 1. The van der Waals surface area contributed by atoms with Crippen LogP contribution in [0.1, 0.15) is 25.0 Å². The van der Waals surface area contributed by atoms with E-state index < -0.39 is 5.97 Å². The summed E-state index contributed by atoms with van der Waals surface area (Å²) in [4.78, 5) is 10.5. The number of aliphatic carboxylic acids is 1. The van der Waals surface area contributed by atoms with E-state index in [4.69, 9.17) is 10.2 Å². The van der Waals surface area contributed by atoms with Gasteiger partial charge < -0.3 is 15.5 Å². The number of carbonyl (C=O) groups is 1. The highest BCUT2D eigenvalue weighted by Crippen LogP contribution is 2.07. The lowest BCUT2D eigenvalue weighted by Gasteiger charge is -2.23. The van der Waals surface area contributed by atoms with Crippen LogP contribution in [0.15, 0.2) is 24.3 Å². The molecule has 0 atom stereocenters. The summed E-state index contributed by atoms with van der Waals surface area (Å²) in [5.74, 6) is -0.822. The molecule has 0 heterocycles. The zero-order chi connectivity index (χ0) is 12.9. The SMILES string of the molecule is CC(C)(CO)NCc1ccc(CC(=O)O)cc1.